The van der Waals surface area contributed by atoms with Gasteiger partial charge in [-0.15, -0.1) is 0 Å². The molecule has 1 atom stereocenters. The first kappa shape index (κ1) is 12.2. The smallest absolute Gasteiger partial charge is 0.435 e. The summed E-state index contributed by atoms with van der Waals surface area (Å²) in [6.45, 7) is 0. The number of furan rings is 1. The minimum atomic E-state index is -1.68. The largest absolute Gasteiger partial charge is 0.454 e. The van der Waals surface area contributed by atoms with Gasteiger partial charge in [-0.05, 0) is 30.3 Å². The van der Waals surface area contributed by atoms with Gasteiger partial charge in [-0.1, -0.05) is 34.9 Å². The van der Waals surface area contributed by atoms with E-state index in [-0.39, 0.29) is 0 Å². The average Bonchev–Trinajstić information content (AvgIpc) is 2.93. The van der Waals surface area contributed by atoms with Crippen LogP contribution in [-0.2, 0) is 4.57 Å². The zero-order valence-corrected chi connectivity index (χ0v) is 12.0. The van der Waals surface area contributed by atoms with Gasteiger partial charge in [0.1, 0.15) is 11.1 Å². The maximum atomic E-state index is 12.6. The Morgan fingerprint density at radius 1 is 0.810 bits per heavy atom. The van der Waals surface area contributed by atoms with Gasteiger partial charge in [-0.2, -0.15) is 4.98 Å². The zero-order valence-electron chi connectivity index (χ0n) is 11.1. The predicted molar refractivity (Wildman–Crippen MR) is 84.8 cm³/mol. The third kappa shape index (κ3) is 2.03. The van der Waals surface area contributed by atoms with Crippen molar-refractivity contribution in [3.05, 3.63) is 66.7 Å². The molecule has 2 heterocycles. The summed E-state index contributed by atoms with van der Waals surface area (Å²) in [5.41, 5.74) is 2.86. The molecule has 0 saturated carbocycles. The maximum Gasteiger partial charge on any atom is 0.435 e. The Labute approximate surface area is 122 Å². The van der Waals surface area contributed by atoms with Crippen LogP contribution in [0.15, 0.2) is 71.1 Å². The van der Waals surface area contributed by atoms with Crippen LogP contribution in [-0.4, -0.2) is 4.98 Å². The first-order valence-corrected chi connectivity index (χ1v) is 7.89. The lowest BCUT2D eigenvalue weighted by Gasteiger charge is -1.90. The molecule has 0 spiro atoms. The van der Waals surface area contributed by atoms with E-state index in [9.17, 15) is 4.57 Å². The van der Waals surface area contributed by atoms with Crippen LogP contribution in [0.2, 0.25) is 0 Å². The molecule has 4 rings (SSSR count). The van der Waals surface area contributed by atoms with Crippen LogP contribution in [0.5, 0.6) is 0 Å². The van der Waals surface area contributed by atoms with Crippen LogP contribution in [0.3, 0.4) is 0 Å². The SMILES string of the molecule is O=[P+](c1ccccc1)c1ccc2oc3ccccc3c2n1. The zero-order chi connectivity index (χ0) is 14.2. The molecule has 0 aliphatic heterocycles. The van der Waals surface area contributed by atoms with Crippen molar-refractivity contribution in [1.29, 1.82) is 0 Å². The van der Waals surface area contributed by atoms with Crippen molar-refractivity contribution in [1.82, 2.24) is 4.98 Å². The van der Waals surface area contributed by atoms with Crippen LogP contribution < -0.4 is 10.7 Å². The quantitative estimate of drug-likeness (QED) is 0.528. The molecule has 0 aliphatic rings. The van der Waals surface area contributed by atoms with Crippen LogP contribution in [0, 0.1) is 0 Å². The molecule has 0 N–H and O–H groups in total. The van der Waals surface area contributed by atoms with Gasteiger partial charge in [-0.25, -0.2) is 0 Å². The standard InChI is InChI=1S/C17H11NO2P/c19-21(12-6-2-1-3-7-12)16-11-10-15-17(18-16)13-8-4-5-9-14(13)20-15/h1-11H/q+1. The second kappa shape index (κ2) is 4.80. The van der Waals surface area contributed by atoms with Gasteiger partial charge in [0.2, 0.25) is 0 Å². The van der Waals surface area contributed by atoms with E-state index in [0.29, 0.717) is 5.44 Å². The van der Waals surface area contributed by atoms with Crippen molar-refractivity contribution in [2.45, 2.75) is 0 Å². The lowest BCUT2D eigenvalue weighted by Crippen LogP contribution is -2.09. The van der Waals surface area contributed by atoms with Gasteiger partial charge < -0.3 is 4.42 Å². The Morgan fingerprint density at radius 2 is 1.57 bits per heavy atom. The molecular formula is C17H11NO2P+. The molecule has 1 unspecified atom stereocenters. The maximum absolute atomic E-state index is 12.6. The van der Waals surface area contributed by atoms with E-state index in [1.54, 1.807) is 6.07 Å². The fourth-order valence-electron chi connectivity index (χ4n) is 2.39. The Morgan fingerprint density at radius 3 is 2.43 bits per heavy atom. The first-order chi connectivity index (χ1) is 10.3. The molecule has 3 nitrogen and oxygen atoms in total. The Hall–Kier alpha value is -2.51. The molecule has 100 valence electrons. The first-order valence-electron chi connectivity index (χ1n) is 6.63. The highest BCUT2D eigenvalue weighted by Crippen LogP contribution is 2.28. The summed E-state index contributed by atoms with van der Waals surface area (Å²) in [6.07, 6.45) is 0. The van der Waals surface area contributed by atoms with E-state index in [1.807, 2.05) is 60.7 Å². The molecule has 0 aliphatic carbocycles. The van der Waals surface area contributed by atoms with Gasteiger partial charge in [-0.3, -0.25) is 0 Å². The number of rotatable bonds is 2. The Bertz CT molecular complexity index is 960. The van der Waals surface area contributed by atoms with Gasteiger partial charge in [0.25, 0.3) is 5.44 Å². The number of aromatic nitrogens is 1. The average molecular weight is 292 g/mol. The summed E-state index contributed by atoms with van der Waals surface area (Å²) in [5.74, 6) is 0. The molecule has 0 amide bonds. The number of fused-ring (bicyclic) bond motifs is 3. The third-order valence-electron chi connectivity index (χ3n) is 3.40. The number of benzene rings is 2. The molecule has 4 heteroatoms. The highest BCUT2D eigenvalue weighted by molar-refractivity contribution is 7.61. The summed E-state index contributed by atoms with van der Waals surface area (Å²) >= 11 is 0. The van der Waals surface area contributed by atoms with Crippen LogP contribution >= 0.6 is 7.80 Å². The monoisotopic (exact) mass is 292 g/mol. The van der Waals surface area contributed by atoms with Crippen LogP contribution in [0.4, 0.5) is 0 Å². The summed E-state index contributed by atoms with van der Waals surface area (Å²) in [7, 11) is -1.68. The Kier molecular flexibility index (Phi) is 2.80. The highest BCUT2D eigenvalue weighted by atomic mass is 31.1. The van der Waals surface area contributed by atoms with Crippen molar-refractivity contribution in [3.8, 4) is 0 Å². The number of hydrogen-bond donors (Lipinski definition) is 0. The predicted octanol–water partition coefficient (Wildman–Crippen LogP) is 3.76. The van der Waals surface area contributed by atoms with E-state index in [1.165, 1.54) is 0 Å². The Balaban J connectivity index is 1.90. The molecule has 21 heavy (non-hydrogen) atoms. The van der Waals surface area contributed by atoms with Crippen molar-refractivity contribution in [3.63, 3.8) is 0 Å². The van der Waals surface area contributed by atoms with Gasteiger partial charge in [0.05, 0.1) is 0 Å². The summed E-state index contributed by atoms with van der Waals surface area (Å²) in [6, 6.07) is 20.8. The summed E-state index contributed by atoms with van der Waals surface area (Å²) in [4.78, 5) is 4.56. The minimum Gasteiger partial charge on any atom is -0.454 e. The van der Waals surface area contributed by atoms with Crippen molar-refractivity contribution < 1.29 is 8.98 Å². The molecule has 0 bridgehead atoms. The summed E-state index contributed by atoms with van der Waals surface area (Å²) in [5, 5.41) is 1.73. The van der Waals surface area contributed by atoms with E-state index in [2.05, 4.69) is 4.98 Å². The molecule has 0 radical (unpaired) electrons. The van der Waals surface area contributed by atoms with E-state index in [0.717, 1.165) is 27.4 Å². The van der Waals surface area contributed by atoms with Gasteiger partial charge >= 0.3 is 7.80 Å². The van der Waals surface area contributed by atoms with Crippen LogP contribution in [0.25, 0.3) is 22.1 Å². The number of para-hydroxylation sites is 1. The third-order valence-corrected chi connectivity index (χ3v) is 4.84. The van der Waals surface area contributed by atoms with Crippen molar-refractivity contribution in [2.75, 3.05) is 0 Å². The molecular weight excluding hydrogens is 281 g/mol. The van der Waals surface area contributed by atoms with Crippen molar-refractivity contribution in [2.24, 2.45) is 0 Å². The lowest BCUT2D eigenvalue weighted by molar-refractivity contribution is 0.597. The highest BCUT2D eigenvalue weighted by Gasteiger charge is 2.26. The van der Waals surface area contributed by atoms with E-state index < -0.39 is 7.80 Å². The van der Waals surface area contributed by atoms with E-state index >= 15 is 0 Å². The molecule has 2 aromatic heterocycles. The molecule has 0 fully saturated rings. The normalized spacial score (nSPS) is 11.9. The minimum absolute atomic E-state index is 0.579. The molecule has 4 aromatic rings. The molecule has 2 aromatic carbocycles. The fourth-order valence-corrected chi connectivity index (χ4v) is 3.50. The second-order valence-corrected chi connectivity index (χ2v) is 6.31. The number of nitrogens with zero attached hydrogens (tertiary/aromatic N) is 1. The topological polar surface area (TPSA) is 43.1 Å². The van der Waals surface area contributed by atoms with Gasteiger partial charge in [0.15, 0.2) is 10.9 Å². The van der Waals surface area contributed by atoms with E-state index in [4.69, 9.17) is 4.42 Å². The fraction of sp³-hybridized carbons (Fsp3) is 0. The number of hydrogen-bond acceptors (Lipinski definition) is 3. The summed E-state index contributed by atoms with van der Waals surface area (Å²) < 4.78 is 18.3. The number of pyridine rings is 1. The van der Waals surface area contributed by atoms with Crippen molar-refractivity contribution >= 4 is 40.6 Å². The molecule has 0 saturated heterocycles. The van der Waals surface area contributed by atoms with Gasteiger partial charge in [0, 0.05) is 11.5 Å². The van der Waals surface area contributed by atoms with Crippen LogP contribution in [0.1, 0.15) is 0 Å². The second-order valence-electron chi connectivity index (χ2n) is 4.74. The lowest BCUT2D eigenvalue weighted by atomic mass is 10.2.